The molecule has 3 aliphatic rings. The Morgan fingerprint density at radius 1 is 1.25 bits per heavy atom. The molecule has 1 saturated carbocycles. The van der Waals surface area contributed by atoms with Gasteiger partial charge in [0.05, 0.1) is 0 Å². The largest absolute Gasteiger partial charge is 0.381 e. The number of aryl methyl sites for hydroxylation is 1. The van der Waals surface area contributed by atoms with Crippen LogP contribution in [0.1, 0.15) is 56.7 Å². The normalized spacial score (nSPS) is 27.7. The lowest BCUT2D eigenvalue weighted by atomic mass is 9.72. The third-order valence-corrected chi connectivity index (χ3v) is 6.46. The van der Waals surface area contributed by atoms with Crippen LogP contribution in [-0.2, 0) is 16.6 Å². The quantitative estimate of drug-likeness (QED) is 0.832. The van der Waals surface area contributed by atoms with Crippen molar-refractivity contribution in [2.24, 2.45) is 18.4 Å². The Morgan fingerprint density at radius 2 is 2.00 bits per heavy atom. The average Bonchev–Trinajstić information content (AvgIpc) is 3.19. The van der Waals surface area contributed by atoms with Gasteiger partial charge < -0.3 is 14.2 Å². The molecule has 1 aromatic heterocycles. The van der Waals surface area contributed by atoms with Gasteiger partial charge in [0.25, 0.3) is 0 Å². The van der Waals surface area contributed by atoms with Gasteiger partial charge in [-0.1, -0.05) is 19.3 Å². The number of amides is 1. The molecule has 3 fully saturated rings. The first kappa shape index (κ1) is 16.1. The number of carbonyl (C=O) groups is 1. The van der Waals surface area contributed by atoms with E-state index in [-0.39, 0.29) is 17.3 Å². The molecule has 1 aliphatic carbocycles. The van der Waals surface area contributed by atoms with Crippen molar-refractivity contribution in [3.63, 3.8) is 0 Å². The predicted molar refractivity (Wildman–Crippen MR) is 89.4 cm³/mol. The minimum absolute atomic E-state index is 0.114. The van der Waals surface area contributed by atoms with E-state index in [2.05, 4.69) is 15.1 Å². The van der Waals surface area contributed by atoms with Crippen LogP contribution in [0.3, 0.4) is 0 Å². The number of likely N-dealkylation sites (tertiary alicyclic amines) is 1. The molecule has 1 amide bonds. The van der Waals surface area contributed by atoms with Crippen LogP contribution in [0.15, 0.2) is 6.33 Å². The first-order valence-corrected chi connectivity index (χ1v) is 9.40. The fourth-order valence-corrected chi connectivity index (χ4v) is 4.99. The van der Waals surface area contributed by atoms with Crippen LogP contribution in [0.25, 0.3) is 0 Å². The van der Waals surface area contributed by atoms with E-state index in [1.54, 1.807) is 6.33 Å². The number of hydrogen-bond acceptors (Lipinski definition) is 4. The molecule has 3 heterocycles. The van der Waals surface area contributed by atoms with E-state index in [0.29, 0.717) is 5.91 Å². The lowest BCUT2D eigenvalue weighted by molar-refractivity contribution is -0.136. The summed E-state index contributed by atoms with van der Waals surface area (Å²) >= 11 is 0. The SMILES string of the molecule is Cn1cnnc1C1CN(C(=O)C2CCCCC2)CC12CCOCC2. The fourth-order valence-electron chi connectivity index (χ4n) is 4.99. The summed E-state index contributed by atoms with van der Waals surface area (Å²) in [5.41, 5.74) is 0.114. The van der Waals surface area contributed by atoms with Crippen molar-refractivity contribution >= 4 is 5.91 Å². The molecule has 1 atom stereocenters. The second-order valence-electron chi connectivity index (χ2n) is 7.88. The summed E-state index contributed by atoms with van der Waals surface area (Å²) in [5, 5.41) is 8.47. The maximum Gasteiger partial charge on any atom is 0.225 e. The molecule has 4 rings (SSSR count). The summed E-state index contributed by atoms with van der Waals surface area (Å²) in [6.07, 6.45) is 9.63. The molecular formula is C18H28N4O2. The van der Waals surface area contributed by atoms with Crippen LogP contribution in [0, 0.1) is 11.3 Å². The van der Waals surface area contributed by atoms with Crippen molar-refractivity contribution in [3.05, 3.63) is 12.2 Å². The monoisotopic (exact) mass is 332 g/mol. The maximum absolute atomic E-state index is 13.1. The van der Waals surface area contributed by atoms with Crippen molar-refractivity contribution in [1.29, 1.82) is 0 Å². The first-order chi connectivity index (χ1) is 11.7. The van der Waals surface area contributed by atoms with Gasteiger partial charge in [0.2, 0.25) is 5.91 Å². The summed E-state index contributed by atoms with van der Waals surface area (Å²) in [4.78, 5) is 15.2. The molecule has 6 nitrogen and oxygen atoms in total. The van der Waals surface area contributed by atoms with Crippen LogP contribution in [-0.4, -0.2) is 51.9 Å². The molecule has 0 radical (unpaired) electrons. The topological polar surface area (TPSA) is 60.2 Å². The number of nitrogens with zero attached hydrogens (tertiary/aromatic N) is 4. The van der Waals surface area contributed by atoms with Gasteiger partial charge in [0.1, 0.15) is 12.2 Å². The van der Waals surface area contributed by atoms with Gasteiger partial charge in [-0.15, -0.1) is 10.2 Å². The van der Waals surface area contributed by atoms with E-state index in [0.717, 1.165) is 57.8 Å². The minimum atomic E-state index is 0.114. The summed E-state index contributed by atoms with van der Waals surface area (Å²) in [6.45, 7) is 3.24. The van der Waals surface area contributed by atoms with Crippen LogP contribution in [0.5, 0.6) is 0 Å². The number of rotatable bonds is 2. The van der Waals surface area contributed by atoms with E-state index < -0.39 is 0 Å². The lowest BCUT2D eigenvalue weighted by Crippen LogP contribution is -2.39. The molecule has 0 N–H and O–H groups in total. The van der Waals surface area contributed by atoms with E-state index in [9.17, 15) is 4.79 Å². The van der Waals surface area contributed by atoms with Crippen LogP contribution in [0.4, 0.5) is 0 Å². The van der Waals surface area contributed by atoms with Gasteiger partial charge >= 0.3 is 0 Å². The molecule has 24 heavy (non-hydrogen) atoms. The third kappa shape index (κ3) is 2.75. The zero-order valence-corrected chi connectivity index (χ0v) is 14.6. The Morgan fingerprint density at radius 3 is 2.67 bits per heavy atom. The Balaban J connectivity index is 1.58. The highest BCUT2D eigenvalue weighted by molar-refractivity contribution is 5.79. The van der Waals surface area contributed by atoms with Crippen molar-refractivity contribution in [1.82, 2.24) is 19.7 Å². The molecule has 2 aliphatic heterocycles. The molecule has 1 unspecified atom stereocenters. The molecule has 1 spiro atoms. The molecule has 1 aromatic rings. The lowest BCUT2D eigenvalue weighted by Gasteiger charge is -2.37. The first-order valence-electron chi connectivity index (χ1n) is 9.40. The second-order valence-corrected chi connectivity index (χ2v) is 7.88. The van der Waals surface area contributed by atoms with Gasteiger partial charge in [0.15, 0.2) is 0 Å². The highest BCUT2D eigenvalue weighted by Crippen LogP contribution is 2.49. The number of ether oxygens (including phenoxy) is 1. The van der Waals surface area contributed by atoms with Gasteiger partial charge in [-0.25, -0.2) is 0 Å². The summed E-state index contributed by atoms with van der Waals surface area (Å²) < 4.78 is 7.64. The van der Waals surface area contributed by atoms with E-state index in [4.69, 9.17) is 4.74 Å². The fraction of sp³-hybridized carbons (Fsp3) is 0.833. The van der Waals surface area contributed by atoms with Crippen molar-refractivity contribution in [3.8, 4) is 0 Å². The average molecular weight is 332 g/mol. The van der Waals surface area contributed by atoms with Gasteiger partial charge in [-0.05, 0) is 25.7 Å². The Labute approximate surface area is 143 Å². The molecule has 6 heteroatoms. The summed E-state index contributed by atoms with van der Waals surface area (Å²) in [6, 6.07) is 0. The zero-order valence-electron chi connectivity index (χ0n) is 14.6. The Kier molecular flexibility index (Phi) is 4.33. The minimum Gasteiger partial charge on any atom is -0.381 e. The van der Waals surface area contributed by atoms with Crippen LogP contribution >= 0.6 is 0 Å². The van der Waals surface area contributed by atoms with Gasteiger partial charge in [-0.3, -0.25) is 4.79 Å². The summed E-state index contributed by atoms with van der Waals surface area (Å²) in [5.74, 6) is 1.93. The standard InChI is InChI=1S/C18H28N4O2/c1-21-13-19-20-16(21)15-11-22(12-18(15)7-9-24-10-8-18)17(23)14-5-3-2-4-6-14/h13-15H,2-12H2,1H3. The molecule has 132 valence electrons. The molecule has 0 aromatic carbocycles. The third-order valence-electron chi connectivity index (χ3n) is 6.46. The van der Waals surface area contributed by atoms with Gasteiger partial charge in [0, 0.05) is 50.6 Å². The van der Waals surface area contributed by atoms with Gasteiger partial charge in [-0.2, -0.15) is 0 Å². The van der Waals surface area contributed by atoms with E-state index in [1.165, 1.54) is 19.3 Å². The van der Waals surface area contributed by atoms with Crippen molar-refractivity contribution < 1.29 is 9.53 Å². The zero-order chi connectivity index (χ0) is 16.6. The summed E-state index contributed by atoms with van der Waals surface area (Å²) in [7, 11) is 2.01. The molecular weight excluding hydrogens is 304 g/mol. The second kappa shape index (κ2) is 6.47. The number of carbonyl (C=O) groups excluding carboxylic acids is 1. The van der Waals surface area contributed by atoms with E-state index >= 15 is 0 Å². The molecule has 0 bridgehead atoms. The molecule has 2 saturated heterocycles. The maximum atomic E-state index is 13.1. The highest BCUT2D eigenvalue weighted by Gasteiger charge is 2.51. The van der Waals surface area contributed by atoms with Crippen LogP contribution in [0.2, 0.25) is 0 Å². The smallest absolute Gasteiger partial charge is 0.225 e. The van der Waals surface area contributed by atoms with E-state index in [1.807, 2.05) is 11.6 Å². The highest BCUT2D eigenvalue weighted by atomic mass is 16.5. The number of aromatic nitrogens is 3. The Bertz CT molecular complexity index is 588. The number of hydrogen-bond donors (Lipinski definition) is 0. The predicted octanol–water partition coefficient (Wildman–Crippen LogP) is 2.12. The van der Waals surface area contributed by atoms with Crippen molar-refractivity contribution in [2.45, 2.75) is 50.9 Å². The Hall–Kier alpha value is -1.43. The van der Waals surface area contributed by atoms with Crippen LogP contribution < -0.4 is 0 Å². The van der Waals surface area contributed by atoms with Crippen molar-refractivity contribution in [2.75, 3.05) is 26.3 Å².